The van der Waals surface area contributed by atoms with E-state index in [0.717, 1.165) is 5.75 Å². The van der Waals surface area contributed by atoms with Gasteiger partial charge in [-0.2, -0.15) is 11.8 Å². The topological polar surface area (TPSA) is 120 Å². The lowest BCUT2D eigenvalue weighted by molar-refractivity contribution is -0.138. The molecule has 1 heterocycles. The van der Waals surface area contributed by atoms with Crippen LogP contribution in [0.15, 0.2) is 24.3 Å². The molecule has 1 aliphatic rings. The van der Waals surface area contributed by atoms with E-state index in [1.54, 1.807) is 18.9 Å². The third-order valence-corrected chi connectivity index (χ3v) is 3.84. The number of hydrogen-bond donors (Lipinski definition) is 3. The van der Waals surface area contributed by atoms with Crippen molar-refractivity contribution in [1.82, 2.24) is 5.32 Å². The van der Waals surface area contributed by atoms with E-state index in [0.29, 0.717) is 31.1 Å². The minimum absolute atomic E-state index is 0.239. The smallest absolute Gasteiger partial charge is 0.407 e. The molecule has 140 valence electrons. The molecule has 9 heteroatoms. The molecule has 1 aliphatic heterocycles. The van der Waals surface area contributed by atoms with Gasteiger partial charge in [-0.05, 0) is 30.6 Å². The Morgan fingerprint density at radius 3 is 2.68 bits per heavy atom. The number of para-hydroxylation sites is 2. The summed E-state index contributed by atoms with van der Waals surface area (Å²) in [5.41, 5.74) is 5.19. The maximum Gasteiger partial charge on any atom is 0.407 e. The number of nitrogens with one attached hydrogen (secondary N) is 1. The van der Waals surface area contributed by atoms with E-state index in [9.17, 15) is 9.59 Å². The van der Waals surface area contributed by atoms with Crippen LogP contribution in [-0.2, 0) is 9.53 Å². The number of cyclic esters (lactones) is 1. The van der Waals surface area contributed by atoms with E-state index in [1.165, 1.54) is 0 Å². The zero-order valence-electron chi connectivity index (χ0n) is 14.3. The monoisotopic (exact) mass is 372 g/mol. The number of carboxylic acids is 1. The fourth-order valence-corrected chi connectivity index (χ4v) is 2.30. The van der Waals surface area contributed by atoms with Crippen LogP contribution in [0, 0.1) is 0 Å². The minimum Gasteiger partial charge on any atom is -0.493 e. The predicted molar refractivity (Wildman–Crippen MR) is 95.4 cm³/mol. The standard InChI is InChI=1S/C11H13NO4.C5H11NO2S/c1-14-9-4-2-3-5-10(9)15-7-8-6-12-11(13)16-8;1-9-3-2-4(6)5(7)8/h2-5,8H,6-7H2,1H3,(H,12,13);4H,2-3,6H2,1H3,(H,7,8). The first-order chi connectivity index (χ1) is 12.0. The Morgan fingerprint density at radius 1 is 1.48 bits per heavy atom. The average Bonchev–Trinajstić information content (AvgIpc) is 3.03. The third kappa shape index (κ3) is 7.99. The number of nitrogens with two attached hydrogens (primary N) is 1. The average molecular weight is 372 g/mol. The molecule has 0 aromatic heterocycles. The van der Waals surface area contributed by atoms with Crippen LogP contribution in [0.3, 0.4) is 0 Å². The molecule has 2 unspecified atom stereocenters. The lowest BCUT2D eigenvalue weighted by atomic mass is 10.2. The van der Waals surface area contributed by atoms with E-state index in [4.69, 9.17) is 25.1 Å². The Hall–Kier alpha value is -2.13. The number of hydrogen-bond acceptors (Lipinski definition) is 7. The summed E-state index contributed by atoms with van der Waals surface area (Å²) in [5.74, 6) is 1.21. The summed E-state index contributed by atoms with van der Waals surface area (Å²) in [6.45, 7) is 0.799. The zero-order chi connectivity index (χ0) is 18.7. The molecule has 1 fully saturated rings. The number of rotatable bonds is 8. The second-order valence-corrected chi connectivity index (χ2v) is 6.08. The van der Waals surface area contributed by atoms with E-state index >= 15 is 0 Å². The van der Waals surface area contributed by atoms with Crippen LogP contribution in [0.2, 0.25) is 0 Å². The number of amides is 1. The largest absolute Gasteiger partial charge is 0.493 e. The Bertz CT molecular complexity index is 557. The molecule has 1 aromatic carbocycles. The Kier molecular flexibility index (Phi) is 9.56. The summed E-state index contributed by atoms with van der Waals surface area (Å²) >= 11 is 1.60. The van der Waals surface area contributed by atoms with E-state index in [2.05, 4.69) is 5.32 Å². The van der Waals surface area contributed by atoms with Gasteiger partial charge in [-0.3, -0.25) is 4.79 Å². The van der Waals surface area contributed by atoms with Gasteiger partial charge in [-0.25, -0.2) is 4.79 Å². The molecular weight excluding hydrogens is 348 g/mol. The molecule has 0 saturated carbocycles. The fourth-order valence-electron chi connectivity index (χ4n) is 1.81. The van der Waals surface area contributed by atoms with Gasteiger partial charge in [0, 0.05) is 0 Å². The van der Waals surface area contributed by atoms with Gasteiger partial charge in [0.25, 0.3) is 0 Å². The van der Waals surface area contributed by atoms with Crippen LogP contribution in [-0.4, -0.2) is 61.6 Å². The lowest BCUT2D eigenvalue weighted by Gasteiger charge is -2.12. The van der Waals surface area contributed by atoms with Crippen LogP contribution in [0.1, 0.15) is 6.42 Å². The van der Waals surface area contributed by atoms with E-state index in [-0.39, 0.29) is 6.10 Å². The van der Waals surface area contributed by atoms with Crippen LogP contribution in [0.25, 0.3) is 0 Å². The normalized spacial score (nSPS) is 16.8. The highest BCUT2D eigenvalue weighted by Gasteiger charge is 2.23. The van der Waals surface area contributed by atoms with Gasteiger partial charge in [0.05, 0.1) is 13.7 Å². The Labute approximate surface area is 151 Å². The van der Waals surface area contributed by atoms with Gasteiger partial charge in [0.1, 0.15) is 12.6 Å². The van der Waals surface area contributed by atoms with Crippen molar-refractivity contribution in [2.75, 3.05) is 32.3 Å². The van der Waals surface area contributed by atoms with Crippen molar-refractivity contribution in [3.05, 3.63) is 24.3 Å². The molecule has 0 bridgehead atoms. The molecule has 1 saturated heterocycles. The number of thioether (sulfide) groups is 1. The molecule has 2 rings (SSSR count). The summed E-state index contributed by atoms with van der Waals surface area (Å²) in [6.07, 6.45) is 1.84. The molecule has 2 atom stereocenters. The third-order valence-electron chi connectivity index (χ3n) is 3.19. The number of carboxylic acid groups (broad SMARTS) is 1. The summed E-state index contributed by atoms with van der Waals surface area (Å²) in [6, 6.07) is 6.66. The van der Waals surface area contributed by atoms with Crippen molar-refractivity contribution in [2.24, 2.45) is 5.73 Å². The summed E-state index contributed by atoms with van der Waals surface area (Å²) in [4.78, 5) is 20.8. The molecular formula is C16H24N2O6S. The van der Waals surface area contributed by atoms with Crippen molar-refractivity contribution < 1.29 is 28.9 Å². The van der Waals surface area contributed by atoms with Crippen molar-refractivity contribution in [1.29, 1.82) is 0 Å². The van der Waals surface area contributed by atoms with Gasteiger partial charge in [0.2, 0.25) is 0 Å². The summed E-state index contributed by atoms with van der Waals surface area (Å²) < 4.78 is 15.6. The molecule has 25 heavy (non-hydrogen) atoms. The number of ether oxygens (including phenoxy) is 3. The van der Waals surface area contributed by atoms with Crippen molar-refractivity contribution in [3.63, 3.8) is 0 Å². The van der Waals surface area contributed by atoms with Crippen LogP contribution in [0.4, 0.5) is 4.79 Å². The van der Waals surface area contributed by atoms with Gasteiger partial charge in [-0.1, -0.05) is 12.1 Å². The van der Waals surface area contributed by atoms with Crippen LogP contribution < -0.4 is 20.5 Å². The van der Waals surface area contributed by atoms with Crippen LogP contribution >= 0.6 is 11.8 Å². The number of carbonyl (C=O) groups is 2. The van der Waals surface area contributed by atoms with Gasteiger partial charge in [0.15, 0.2) is 17.6 Å². The second-order valence-electron chi connectivity index (χ2n) is 5.10. The van der Waals surface area contributed by atoms with Crippen molar-refractivity contribution >= 4 is 23.8 Å². The quantitative estimate of drug-likeness (QED) is 0.625. The molecule has 0 aliphatic carbocycles. The van der Waals surface area contributed by atoms with E-state index in [1.807, 2.05) is 30.5 Å². The summed E-state index contributed by atoms with van der Waals surface area (Å²) in [7, 11) is 1.58. The first-order valence-electron chi connectivity index (χ1n) is 7.65. The molecule has 8 nitrogen and oxygen atoms in total. The number of carbonyl (C=O) groups excluding carboxylic acids is 1. The second kappa shape index (κ2) is 11.4. The van der Waals surface area contributed by atoms with Crippen molar-refractivity contribution in [2.45, 2.75) is 18.6 Å². The van der Waals surface area contributed by atoms with Gasteiger partial charge in [-0.15, -0.1) is 0 Å². The molecule has 1 amide bonds. The van der Waals surface area contributed by atoms with Crippen LogP contribution in [0.5, 0.6) is 11.5 Å². The lowest BCUT2D eigenvalue weighted by Crippen LogP contribution is -2.30. The highest BCUT2D eigenvalue weighted by atomic mass is 32.2. The SMILES string of the molecule is COc1ccccc1OCC1CNC(=O)O1.CSCCC(N)C(=O)O. The first kappa shape index (κ1) is 20.9. The van der Waals surface area contributed by atoms with Crippen molar-refractivity contribution in [3.8, 4) is 11.5 Å². The number of alkyl carbamates (subject to hydrolysis) is 1. The zero-order valence-corrected chi connectivity index (χ0v) is 15.1. The first-order valence-corrected chi connectivity index (χ1v) is 9.05. The highest BCUT2D eigenvalue weighted by Crippen LogP contribution is 2.26. The minimum atomic E-state index is -0.913. The fraction of sp³-hybridized carbons (Fsp3) is 0.500. The molecule has 0 spiro atoms. The maximum absolute atomic E-state index is 10.8. The van der Waals surface area contributed by atoms with Gasteiger partial charge >= 0.3 is 12.1 Å². The molecule has 0 radical (unpaired) electrons. The molecule has 1 aromatic rings. The highest BCUT2D eigenvalue weighted by molar-refractivity contribution is 7.98. The number of aliphatic carboxylic acids is 1. The predicted octanol–water partition coefficient (Wildman–Crippen LogP) is 1.33. The summed E-state index contributed by atoms with van der Waals surface area (Å²) in [5, 5.41) is 10.8. The Balaban J connectivity index is 0.000000299. The number of benzene rings is 1. The maximum atomic E-state index is 10.8. The number of methoxy groups -OCH3 is 1. The Morgan fingerprint density at radius 2 is 2.16 bits per heavy atom. The molecule has 4 N–H and O–H groups in total. The van der Waals surface area contributed by atoms with E-state index < -0.39 is 18.1 Å². The van der Waals surface area contributed by atoms with Gasteiger partial charge < -0.3 is 30.4 Å².